The Balaban J connectivity index is 1.53. The van der Waals surface area contributed by atoms with Gasteiger partial charge in [-0.3, -0.25) is 9.67 Å². The van der Waals surface area contributed by atoms with E-state index in [0.717, 1.165) is 17.7 Å². The van der Waals surface area contributed by atoms with E-state index in [4.69, 9.17) is 17.0 Å². The lowest BCUT2D eigenvalue weighted by Gasteiger charge is -2.29. The first-order chi connectivity index (χ1) is 11.6. The monoisotopic (exact) mass is 347 g/mol. The van der Waals surface area contributed by atoms with Crippen molar-refractivity contribution in [3.05, 3.63) is 40.7 Å². The molecule has 2 bridgehead atoms. The topological polar surface area (TPSA) is 42.8 Å². The van der Waals surface area contributed by atoms with Gasteiger partial charge in [0, 0.05) is 6.04 Å². The van der Waals surface area contributed by atoms with Crippen LogP contribution in [0.3, 0.4) is 0 Å². The number of para-hydroxylation sites is 1. The van der Waals surface area contributed by atoms with E-state index in [0.29, 0.717) is 16.7 Å². The summed E-state index contributed by atoms with van der Waals surface area (Å²) >= 11 is 5.44. The van der Waals surface area contributed by atoms with Crippen LogP contribution in [0.5, 0.6) is 5.75 Å². The Morgan fingerprint density at radius 3 is 2.92 bits per heavy atom. The van der Waals surface area contributed by atoms with Gasteiger partial charge in [0.25, 0.3) is 0 Å². The van der Waals surface area contributed by atoms with E-state index in [1.807, 2.05) is 0 Å². The fourth-order valence-electron chi connectivity index (χ4n) is 4.64. The number of fused-ring (bicyclic) bond motifs is 2. The Labute approximate surface area is 146 Å². The summed E-state index contributed by atoms with van der Waals surface area (Å²) in [5, 5.41) is 7.19. The van der Waals surface area contributed by atoms with Crippen LogP contribution in [0.25, 0.3) is 0 Å². The largest absolute Gasteiger partial charge is 0.483 e. The van der Waals surface area contributed by atoms with E-state index in [-0.39, 0.29) is 18.2 Å². The van der Waals surface area contributed by atoms with E-state index < -0.39 is 0 Å². The number of nitrogens with zero attached hydrogens (tertiary/aromatic N) is 2. The van der Waals surface area contributed by atoms with Gasteiger partial charge >= 0.3 is 0 Å². The molecule has 1 aromatic heterocycles. The van der Waals surface area contributed by atoms with Gasteiger partial charge in [0.2, 0.25) is 0 Å². The molecule has 0 unspecified atom stereocenters. The molecule has 2 aliphatic carbocycles. The summed E-state index contributed by atoms with van der Waals surface area (Å²) in [6, 6.07) is 6.72. The number of rotatable bonds is 5. The van der Waals surface area contributed by atoms with Gasteiger partial charge in [-0.1, -0.05) is 18.6 Å². The summed E-state index contributed by atoms with van der Waals surface area (Å²) < 4.78 is 22.0. The zero-order valence-electron chi connectivity index (χ0n) is 13.7. The molecule has 0 radical (unpaired) electrons. The maximum absolute atomic E-state index is 13.7. The Hall–Kier alpha value is -1.69. The van der Waals surface area contributed by atoms with E-state index >= 15 is 0 Å². The van der Waals surface area contributed by atoms with Crippen LogP contribution in [0.2, 0.25) is 0 Å². The maximum Gasteiger partial charge on any atom is 0.195 e. The predicted octanol–water partition coefficient (Wildman–Crippen LogP) is 4.66. The highest BCUT2D eigenvalue weighted by atomic mass is 32.1. The molecule has 0 amide bonds. The normalized spacial score (nSPS) is 26.7. The molecule has 2 fully saturated rings. The number of aromatic amines is 1. The van der Waals surface area contributed by atoms with Crippen molar-refractivity contribution in [3.8, 4) is 5.75 Å². The highest BCUT2D eigenvalue weighted by Gasteiger charge is 2.42. The van der Waals surface area contributed by atoms with Crippen molar-refractivity contribution in [2.45, 2.75) is 45.3 Å². The van der Waals surface area contributed by atoms with Crippen molar-refractivity contribution in [2.75, 3.05) is 0 Å². The van der Waals surface area contributed by atoms with Crippen molar-refractivity contribution in [3.63, 3.8) is 0 Å². The third-order valence-electron chi connectivity index (χ3n) is 5.79. The second kappa shape index (κ2) is 6.31. The minimum Gasteiger partial charge on any atom is -0.483 e. The lowest BCUT2D eigenvalue weighted by molar-refractivity contribution is 0.221. The van der Waals surface area contributed by atoms with Crippen LogP contribution in [0.1, 0.15) is 44.5 Å². The molecule has 1 heterocycles. The number of H-pyrrole nitrogens is 1. The van der Waals surface area contributed by atoms with Crippen molar-refractivity contribution < 1.29 is 9.13 Å². The molecule has 0 saturated heterocycles. The molecule has 2 aromatic rings. The molecule has 1 N–H and O–H groups in total. The van der Waals surface area contributed by atoms with Gasteiger partial charge in [-0.25, -0.2) is 4.39 Å². The number of aromatic nitrogens is 3. The first-order valence-electron chi connectivity index (χ1n) is 8.66. The average molecular weight is 347 g/mol. The summed E-state index contributed by atoms with van der Waals surface area (Å²) in [6.45, 7) is 2.43. The van der Waals surface area contributed by atoms with Crippen LogP contribution in [0, 0.1) is 28.3 Å². The van der Waals surface area contributed by atoms with Crippen molar-refractivity contribution in [1.82, 2.24) is 14.8 Å². The molecule has 4 nitrogen and oxygen atoms in total. The third-order valence-corrected chi connectivity index (χ3v) is 6.08. The Bertz CT molecular complexity index is 787. The maximum atomic E-state index is 13.7. The van der Waals surface area contributed by atoms with E-state index in [2.05, 4.69) is 21.7 Å². The van der Waals surface area contributed by atoms with Crippen LogP contribution >= 0.6 is 12.2 Å². The molecule has 1 aromatic carbocycles. The SMILES string of the molecule is C[C@@H]([C@@H]1C[C@@H]2CC[C@@H]1C2)n1c(COc2ccccc2F)n[nH]c1=S. The van der Waals surface area contributed by atoms with E-state index in [9.17, 15) is 4.39 Å². The van der Waals surface area contributed by atoms with Gasteiger partial charge in [0.15, 0.2) is 22.2 Å². The van der Waals surface area contributed by atoms with Crippen LogP contribution in [-0.2, 0) is 6.61 Å². The number of hydrogen-bond acceptors (Lipinski definition) is 3. The number of nitrogens with one attached hydrogen (secondary N) is 1. The third kappa shape index (κ3) is 2.77. The van der Waals surface area contributed by atoms with Crippen LogP contribution in [-0.4, -0.2) is 14.8 Å². The van der Waals surface area contributed by atoms with Gasteiger partial charge < -0.3 is 4.74 Å². The van der Waals surface area contributed by atoms with Gasteiger partial charge in [0.1, 0.15) is 6.61 Å². The minimum absolute atomic E-state index is 0.208. The molecule has 24 heavy (non-hydrogen) atoms. The molecule has 0 aliphatic heterocycles. The molecular formula is C18H22FN3OS. The summed E-state index contributed by atoms with van der Waals surface area (Å²) in [5.41, 5.74) is 0. The van der Waals surface area contributed by atoms with Gasteiger partial charge in [-0.15, -0.1) is 0 Å². The van der Waals surface area contributed by atoms with Crippen LogP contribution in [0.15, 0.2) is 24.3 Å². The summed E-state index contributed by atoms with van der Waals surface area (Å²) in [5.74, 6) is 2.97. The lowest BCUT2D eigenvalue weighted by atomic mass is 9.84. The average Bonchev–Trinajstić information content (AvgIpc) is 3.29. The second-order valence-corrected chi connectivity index (χ2v) is 7.50. The van der Waals surface area contributed by atoms with Crippen molar-refractivity contribution >= 4 is 12.2 Å². The number of halogens is 1. The Morgan fingerprint density at radius 2 is 2.21 bits per heavy atom. The number of hydrogen-bond donors (Lipinski definition) is 1. The smallest absolute Gasteiger partial charge is 0.195 e. The molecule has 0 spiro atoms. The van der Waals surface area contributed by atoms with Gasteiger partial charge in [0.05, 0.1) is 0 Å². The zero-order chi connectivity index (χ0) is 16.7. The summed E-state index contributed by atoms with van der Waals surface area (Å²) in [4.78, 5) is 0. The van der Waals surface area contributed by atoms with Crippen LogP contribution in [0.4, 0.5) is 4.39 Å². The van der Waals surface area contributed by atoms with E-state index in [1.54, 1.807) is 18.2 Å². The van der Waals surface area contributed by atoms with E-state index in [1.165, 1.54) is 31.7 Å². The minimum atomic E-state index is -0.362. The molecule has 4 rings (SSSR count). The fourth-order valence-corrected chi connectivity index (χ4v) is 4.96. The highest BCUT2D eigenvalue weighted by Crippen LogP contribution is 2.52. The molecule has 4 atom stereocenters. The molecule has 2 aliphatic rings. The number of ether oxygens (including phenoxy) is 1. The molecular weight excluding hydrogens is 325 g/mol. The van der Waals surface area contributed by atoms with Crippen molar-refractivity contribution in [1.29, 1.82) is 0 Å². The number of benzene rings is 1. The standard InChI is InChI=1S/C18H22FN3OS/c1-11(14-9-12-6-7-13(14)8-12)22-17(20-21-18(22)24)10-23-16-5-3-2-4-15(16)19/h2-5,11-14H,6-10H2,1H3,(H,21,24)/t11-,12+,13+,14-/m0/s1. The first-order valence-corrected chi connectivity index (χ1v) is 9.07. The Kier molecular flexibility index (Phi) is 4.16. The summed E-state index contributed by atoms with van der Waals surface area (Å²) in [6.07, 6.45) is 5.37. The molecule has 2 saturated carbocycles. The predicted molar refractivity (Wildman–Crippen MR) is 91.8 cm³/mol. The highest BCUT2D eigenvalue weighted by molar-refractivity contribution is 7.71. The Morgan fingerprint density at radius 1 is 1.38 bits per heavy atom. The fraction of sp³-hybridized carbons (Fsp3) is 0.556. The van der Waals surface area contributed by atoms with Gasteiger partial charge in [-0.2, -0.15) is 5.10 Å². The molecule has 6 heteroatoms. The van der Waals surface area contributed by atoms with Crippen molar-refractivity contribution in [2.24, 2.45) is 17.8 Å². The zero-order valence-corrected chi connectivity index (χ0v) is 14.6. The van der Waals surface area contributed by atoms with Crippen LogP contribution < -0.4 is 4.74 Å². The molecule has 128 valence electrons. The quantitative estimate of drug-likeness (QED) is 0.800. The lowest BCUT2D eigenvalue weighted by Crippen LogP contribution is -2.24. The van der Waals surface area contributed by atoms with Gasteiger partial charge in [-0.05, 0) is 68.3 Å². The second-order valence-electron chi connectivity index (χ2n) is 7.11. The summed E-state index contributed by atoms with van der Waals surface area (Å²) in [7, 11) is 0. The first kappa shape index (κ1) is 15.8.